The molecule has 1 fully saturated rings. The van der Waals surface area contributed by atoms with Crippen LogP contribution in [-0.4, -0.2) is 31.0 Å². The van der Waals surface area contributed by atoms with Gasteiger partial charge in [-0.15, -0.1) is 11.3 Å². The highest BCUT2D eigenvalue weighted by Crippen LogP contribution is 2.17. The summed E-state index contributed by atoms with van der Waals surface area (Å²) >= 11 is 1.64. The van der Waals surface area contributed by atoms with Gasteiger partial charge in [0.25, 0.3) is 0 Å². The second-order valence-electron chi connectivity index (χ2n) is 4.27. The molecule has 0 amide bonds. The molecule has 1 atom stereocenters. The molecule has 4 heteroatoms. The van der Waals surface area contributed by atoms with E-state index in [2.05, 4.69) is 11.8 Å². The van der Waals surface area contributed by atoms with Crippen molar-refractivity contribution in [3.05, 3.63) is 21.9 Å². The van der Waals surface area contributed by atoms with E-state index in [1.165, 1.54) is 12.8 Å². The molecule has 0 radical (unpaired) electrons. The molecular formula is C14H18O3S. The Morgan fingerprint density at radius 1 is 1.50 bits per heavy atom. The highest BCUT2D eigenvalue weighted by atomic mass is 32.1. The van der Waals surface area contributed by atoms with Gasteiger partial charge in [-0.3, -0.25) is 0 Å². The molecule has 0 bridgehead atoms. The van der Waals surface area contributed by atoms with Gasteiger partial charge in [0.1, 0.15) is 6.61 Å². The van der Waals surface area contributed by atoms with Crippen LogP contribution in [0.2, 0.25) is 0 Å². The molecule has 1 unspecified atom stereocenters. The Morgan fingerprint density at radius 2 is 2.44 bits per heavy atom. The van der Waals surface area contributed by atoms with E-state index in [0.717, 1.165) is 23.5 Å². The van der Waals surface area contributed by atoms with E-state index in [0.29, 0.717) is 13.2 Å². The summed E-state index contributed by atoms with van der Waals surface area (Å²) in [7, 11) is 0. The summed E-state index contributed by atoms with van der Waals surface area (Å²) in [6, 6.07) is 2.01. The van der Waals surface area contributed by atoms with Crippen LogP contribution in [0.25, 0.3) is 0 Å². The number of hydrogen-bond donors (Lipinski definition) is 1. The van der Waals surface area contributed by atoms with E-state index in [1.807, 2.05) is 11.4 Å². The van der Waals surface area contributed by atoms with Gasteiger partial charge < -0.3 is 14.6 Å². The van der Waals surface area contributed by atoms with E-state index in [4.69, 9.17) is 14.6 Å². The van der Waals surface area contributed by atoms with Crippen molar-refractivity contribution in [3.63, 3.8) is 0 Å². The minimum atomic E-state index is -0.0965. The average Bonchev–Trinajstić information content (AvgIpc) is 2.85. The fourth-order valence-electron chi connectivity index (χ4n) is 1.89. The third kappa shape index (κ3) is 4.43. The largest absolute Gasteiger partial charge is 0.384 e. The lowest BCUT2D eigenvalue weighted by molar-refractivity contribution is -0.0443. The van der Waals surface area contributed by atoms with Crippen molar-refractivity contribution in [2.24, 2.45) is 0 Å². The van der Waals surface area contributed by atoms with E-state index in [1.54, 1.807) is 11.3 Å². The van der Waals surface area contributed by atoms with Crippen LogP contribution in [0.1, 0.15) is 29.7 Å². The average molecular weight is 266 g/mol. The first-order valence-electron chi connectivity index (χ1n) is 6.25. The Bertz CT molecular complexity index is 410. The normalized spacial score (nSPS) is 19.3. The molecule has 0 saturated carbocycles. The van der Waals surface area contributed by atoms with Gasteiger partial charge in [0, 0.05) is 22.4 Å². The molecule has 2 rings (SSSR count). The molecule has 0 aromatic carbocycles. The van der Waals surface area contributed by atoms with Gasteiger partial charge in [-0.05, 0) is 25.3 Å². The van der Waals surface area contributed by atoms with E-state index in [-0.39, 0.29) is 12.7 Å². The lowest BCUT2D eigenvalue weighted by Gasteiger charge is -2.22. The summed E-state index contributed by atoms with van der Waals surface area (Å²) in [6.07, 6.45) is 3.80. The van der Waals surface area contributed by atoms with Crippen LogP contribution >= 0.6 is 11.3 Å². The van der Waals surface area contributed by atoms with Crippen molar-refractivity contribution in [2.45, 2.75) is 32.0 Å². The second-order valence-corrected chi connectivity index (χ2v) is 5.26. The number of rotatable bonds is 4. The minimum Gasteiger partial charge on any atom is -0.384 e. The molecule has 98 valence electrons. The van der Waals surface area contributed by atoms with Gasteiger partial charge in [-0.1, -0.05) is 11.8 Å². The Kier molecular flexibility index (Phi) is 5.69. The van der Waals surface area contributed by atoms with Gasteiger partial charge >= 0.3 is 0 Å². The zero-order valence-electron chi connectivity index (χ0n) is 10.4. The van der Waals surface area contributed by atoms with E-state index < -0.39 is 0 Å². The number of hydrogen-bond acceptors (Lipinski definition) is 4. The molecule has 2 heterocycles. The highest BCUT2D eigenvalue weighted by Gasteiger charge is 2.13. The predicted octanol–water partition coefficient (Wildman–Crippen LogP) is 2.18. The molecule has 18 heavy (non-hydrogen) atoms. The maximum atomic E-state index is 8.61. The zero-order valence-corrected chi connectivity index (χ0v) is 11.2. The molecule has 1 aliphatic rings. The summed E-state index contributed by atoms with van der Waals surface area (Å²) in [5.41, 5.74) is 0.946. The van der Waals surface area contributed by atoms with Crippen LogP contribution in [0.15, 0.2) is 11.4 Å². The van der Waals surface area contributed by atoms with Gasteiger partial charge in [-0.2, -0.15) is 0 Å². The molecule has 1 aromatic heterocycles. The number of aliphatic hydroxyl groups excluding tert-OH is 1. The van der Waals surface area contributed by atoms with Crippen LogP contribution in [0.5, 0.6) is 0 Å². The van der Waals surface area contributed by atoms with Crippen molar-refractivity contribution in [2.75, 3.05) is 19.8 Å². The summed E-state index contributed by atoms with van der Waals surface area (Å²) in [5.74, 6) is 5.52. The number of ether oxygens (including phenoxy) is 2. The summed E-state index contributed by atoms with van der Waals surface area (Å²) < 4.78 is 11.3. The van der Waals surface area contributed by atoms with Crippen LogP contribution in [-0.2, 0) is 16.1 Å². The Balaban J connectivity index is 1.71. The summed E-state index contributed by atoms with van der Waals surface area (Å²) in [4.78, 5) is 1.16. The lowest BCUT2D eigenvalue weighted by Crippen LogP contribution is -2.24. The first-order valence-corrected chi connectivity index (χ1v) is 7.13. The quantitative estimate of drug-likeness (QED) is 0.849. The number of aliphatic hydroxyl groups is 1. The van der Waals surface area contributed by atoms with Crippen LogP contribution < -0.4 is 0 Å². The van der Waals surface area contributed by atoms with Gasteiger partial charge in [0.05, 0.1) is 19.3 Å². The van der Waals surface area contributed by atoms with Crippen molar-refractivity contribution < 1.29 is 14.6 Å². The first-order chi connectivity index (χ1) is 8.88. The van der Waals surface area contributed by atoms with Crippen molar-refractivity contribution in [3.8, 4) is 11.8 Å². The monoisotopic (exact) mass is 266 g/mol. The molecular weight excluding hydrogens is 248 g/mol. The zero-order chi connectivity index (χ0) is 12.6. The van der Waals surface area contributed by atoms with Crippen molar-refractivity contribution in [1.82, 2.24) is 0 Å². The Hall–Kier alpha value is -0.860. The molecule has 1 N–H and O–H groups in total. The van der Waals surface area contributed by atoms with Crippen LogP contribution in [0, 0.1) is 11.8 Å². The maximum Gasteiger partial charge on any atom is 0.104 e. The van der Waals surface area contributed by atoms with Crippen molar-refractivity contribution >= 4 is 11.3 Å². The second kappa shape index (κ2) is 7.55. The predicted molar refractivity (Wildman–Crippen MR) is 71.5 cm³/mol. The molecule has 0 aliphatic carbocycles. The Morgan fingerprint density at radius 3 is 3.22 bits per heavy atom. The van der Waals surface area contributed by atoms with Crippen molar-refractivity contribution in [1.29, 1.82) is 0 Å². The molecule has 1 aromatic rings. The summed E-state index contributed by atoms with van der Waals surface area (Å²) in [6.45, 7) is 2.06. The molecule has 1 aliphatic heterocycles. The standard InChI is InChI=1S/C14H18O3S/c15-6-3-4-12-8-14(18-11-12)10-16-9-13-5-1-2-7-17-13/h8,11,13,15H,1-2,5-7,9-10H2. The van der Waals surface area contributed by atoms with Gasteiger partial charge in [0.2, 0.25) is 0 Å². The number of thiophene rings is 1. The minimum absolute atomic E-state index is 0.0965. The molecule has 0 spiro atoms. The fraction of sp³-hybridized carbons (Fsp3) is 0.571. The fourth-order valence-corrected chi connectivity index (χ4v) is 2.64. The highest BCUT2D eigenvalue weighted by molar-refractivity contribution is 7.10. The van der Waals surface area contributed by atoms with Gasteiger partial charge in [0.15, 0.2) is 0 Å². The van der Waals surface area contributed by atoms with Crippen LogP contribution in [0.3, 0.4) is 0 Å². The molecule has 1 saturated heterocycles. The van der Waals surface area contributed by atoms with E-state index >= 15 is 0 Å². The molecule has 3 nitrogen and oxygen atoms in total. The third-order valence-electron chi connectivity index (χ3n) is 2.79. The Labute approximate surface area is 112 Å². The van der Waals surface area contributed by atoms with Gasteiger partial charge in [-0.25, -0.2) is 0 Å². The maximum absolute atomic E-state index is 8.61. The SMILES string of the molecule is OCC#Cc1csc(COCC2CCCCO2)c1. The van der Waals surface area contributed by atoms with E-state index in [9.17, 15) is 0 Å². The van der Waals surface area contributed by atoms with Crippen LogP contribution in [0.4, 0.5) is 0 Å². The first kappa shape index (κ1) is 13.6. The topological polar surface area (TPSA) is 38.7 Å². The smallest absolute Gasteiger partial charge is 0.104 e. The third-order valence-corrected chi connectivity index (χ3v) is 3.70. The summed E-state index contributed by atoms with van der Waals surface area (Å²) in [5, 5.41) is 10.6. The lowest BCUT2D eigenvalue weighted by atomic mass is 10.1.